The molecule has 0 radical (unpaired) electrons. The Balaban J connectivity index is 2.27. The molecule has 1 aliphatic rings. The maximum atomic E-state index is 12.5. The number of sulfonamides is 1. The molecule has 18 heavy (non-hydrogen) atoms. The Bertz CT molecular complexity index is 533. The molecule has 1 aliphatic heterocycles. The van der Waals surface area contributed by atoms with E-state index in [0.29, 0.717) is 28.7 Å². The summed E-state index contributed by atoms with van der Waals surface area (Å²) in [5, 5.41) is 0. The van der Waals surface area contributed by atoms with Crippen molar-refractivity contribution < 1.29 is 8.42 Å². The highest BCUT2D eigenvalue weighted by Gasteiger charge is 2.32. The van der Waals surface area contributed by atoms with Crippen LogP contribution in [0.4, 0.5) is 0 Å². The lowest BCUT2D eigenvalue weighted by Crippen LogP contribution is -2.43. The van der Waals surface area contributed by atoms with E-state index in [0.717, 1.165) is 10.9 Å². The zero-order chi connectivity index (χ0) is 13.3. The van der Waals surface area contributed by atoms with E-state index < -0.39 is 10.0 Å². The second kappa shape index (κ2) is 5.61. The van der Waals surface area contributed by atoms with Gasteiger partial charge in [-0.05, 0) is 30.5 Å². The normalized spacial score (nSPS) is 26.2. The predicted molar refractivity (Wildman–Crippen MR) is 79.4 cm³/mol. The summed E-state index contributed by atoms with van der Waals surface area (Å²) in [7, 11) is -3.36. The molecule has 3 nitrogen and oxygen atoms in total. The van der Waals surface area contributed by atoms with E-state index >= 15 is 0 Å². The van der Waals surface area contributed by atoms with Gasteiger partial charge in [0.2, 0.25) is 10.0 Å². The third kappa shape index (κ3) is 2.98. The topological polar surface area (TPSA) is 37.4 Å². The molecule has 0 bridgehead atoms. The zero-order valence-electron chi connectivity index (χ0n) is 10.0. The van der Waals surface area contributed by atoms with Crippen molar-refractivity contribution in [2.24, 2.45) is 5.92 Å². The first-order valence-electron chi connectivity index (χ1n) is 5.81. The SMILES string of the molecule is CC1CN(S(=O)(=O)c2cccc(Br)c2)CCC1Br. The van der Waals surface area contributed by atoms with Crippen molar-refractivity contribution in [1.82, 2.24) is 4.31 Å². The summed E-state index contributed by atoms with van der Waals surface area (Å²) in [5.74, 6) is 0.334. The average Bonchev–Trinajstić information content (AvgIpc) is 2.32. The van der Waals surface area contributed by atoms with Gasteiger partial charge in [-0.2, -0.15) is 4.31 Å². The number of alkyl halides is 1. The molecule has 0 N–H and O–H groups in total. The van der Waals surface area contributed by atoms with Crippen LogP contribution in [0.2, 0.25) is 0 Å². The number of halogens is 2. The van der Waals surface area contributed by atoms with Gasteiger partial charge in [0.05, 0.1) is 4.90 Å². The van der Waals surface area contributed by atoms with Crippen LogP contribution in [0.25, 0.3) is 0 Å². The minimum atomic E-state index is -3.36. The van der Waals surface area contributed by atoms with Crippen molar-refractivity contribution in [3.63, 3.8) is 0 Å². The minimum absolute atomic E-state index is 0.334. The number of benzene rings is 1. The zero-order valence-corrected chi connectivity index (χ0v) is 14.0. The van der Waals surface area contributed by atoms with E-state index in [-0.39, 0.29) is 0 Å². The van der Waals surface area contributed by atoms with Crippen LogP contribution in [0.3, 0.4) is 0 Å². The van der Waals surface area contributed by atoms with Crippen LogP contribution in [0, 0.1) is 5.92 Å². The Labute approximate surface area is 125 Å². The highest BCUT2D eigenvalue weighted by molar-refractivity contribution is 9.10. The summed E-state index contributed by atoms with van der Waals surface area (Å²) < 4.78 is 27.3. The molecule has 100 valence electrons. The molecule has 0 spiro atoms. The smallest absolute Gasteiger partial charge is 0.207 e. The molecule has 6 heteroatoms. The molecule has 1 aromatic carbocycles. The van der Waals surface area contributed by atoms with Gasteiger partial charge in [-0.15, -0.1) is 0 Å². The fourth-order valence-corrected chi connectivity index (χ4v) is 4.60. The summed E-state index contributed by atoms with van der Waals surface area (Å²) >= 11 is 6.90. The lowest BCUT2D eigenvalue weighted by molar-refractivity contribution is 0.292. The fraction of sp³-hybridized carbons (Fsp3) is 0.500. The van der Waals surface area contributed by atoms with Crippen LogP contribution in [0.15, 0.2) is 33.6 Å². The number of piperidine rings is 1. The highest BCUT2D eigenvalue weighted by atomic mass is 79.9. The Morgan fingerprint density at radius 2 is 2.11 bits per heavy atom. The van der Waals surface area contributed by atoms with Crippen molar-refractivity contribution in [2.45, 2.75) is 23.1 Å². The van der Waals surface area contributed by atoms with Crippen LogP contribution in [0.5, 0.6) is 0 Å². The molecule has 0 aromatic heterocycles. The van der Waals surface area contributed by atoms with E-state index in [2.05, 4.69) is 38.8 Å². The van der Waals surface area contributed by atoms with Crippen LogP contribution in [-0.2, 0) is 10.0 Å². The van der Waals surface area contributed by atoms with E-state index in [4.69, 9.17) is 0 Å². The molecular formula is C12H15Br2NO2S. The van der Waals surface area contributed by atoms with Crippen LogP contribution in [-0.4, -0.2) is 30.6 Å². The molecule has 0 amide bonds. The Hall–Kier alpha value is 0.0900. The quantitative estimate of drug-likeness (QED) is 0.719. The maximum Gasteiger partial charge on any atom is 0.243 e. The number of nitrogens with zero attached hydrogens (tertiary/aromatic N) is 1. The summed E-state index contributed by atoms with van der Waals surface area (Å²) in [5.41, 5.74) is 0. The van der Waals surface area contributed by atoms with Gasteiger partial charge in [0.15, 0.2) is 0 Å². The van der Waals surface area contributed by atoms with Crippen molar-refractivity contribution in [1.29, 1.82) is 0 Å². The molecule has 0 saturated carbocycles. The van der Waals surface area contributed by atoms with E-state index in [1.807, 2.05) is 6.07 Å². The number of hydrogen-bond donors (Lipinski definition) is 0. The minimum Gasteiger partial charge on any atom is -0.207 e. The third-order valence-electron chi connectivity index (χ3n) is 3.20. The molecule has 1 heterocycles. The molecule has 2 atom stereocenters. The summed E-state index contributed by atoms with van der Waals surface area (Å²) in [6, 6.07) is 6.87. The average molecular weight is 397 g/mol. The van der Waals surface area contributed by atoms with E-state index in [1.165, 1.54) is 0 Å². The standard InChI is InChI=1S/C12H15Br2NO2S/c1-9-8-15(6-5-12(9)14)18(16,17)11-4-2-3-10(13)7-11/h2-4,7,9,12H,5-6,8H2,1H3. The molecule has 1 fully saturated rings. The Kier molecular flexibility index (Phi) is 4.52. The molecule has 1 saturated heterocycles. The first-order chi connectivity index (χ1) is 8.41. The van der Waals surface area contributed by atoms with Gasteiger partial charge in [0.1, 0.15) is 0 Å². The van der Waals surface area contributed by atoms with Gasteiger partial charge in [-0.25, -0.2) is 8.42 Å². The second-order valence-corrected chi connectivity index (χ2v) is 8.63. The predicted octanol–water partition coefficient (Wildman–Crippen LogP) is 3.24. The third-order valence-corrected chi connectivity index (χ3v) is 6.91. The fourth-order valence-electron chi connectivity index (χ4n) is 2.07. The first-order valence-corrected chi connectivity index (χ1v) is 8.96. The number of rotatable bonds is 2. The number of hydrogen-bond acceptors (Lipinski definition) is 2. The molecular weight excluding hydrogens is 382 g/mol. The highest BCUT2D eigenvalue weighted by Crippen LogP contribution is 2.28. The van der Waals surface area contributed by atoms with Crippen molar-refractivity contribution in [3.05, 3.63) is 28.7 Å². The lowest BCUT2D eigenvalue weighted by atomic mass is 10.0. The maximum absolute atomic E-state index is 12.5. The second-order valence-electron chi connectivity index (χ2n) is 4.60. The van der Waals surface area contributed by atoms with Crippen LogP contribution in [0.1, 0.15) is 13.3 Å². The van der Waals surface area contributed by atoms with Gasteiger partial charge in [0, 0.05) is 22.4 Å². The van der Waals surface area contributed by atoms with Gasteiger partial charge >= 0.3 is 0 Å². The van der Waals surface area contributed by atoms with Gasteiger partial charge in [-0.3, -0.25) is 0 Å². The molecule has 0 aliphatic carbocycles. The van der Waals surface area contributed by atoms with Crippen molar-refractivity contribution in [2.75, 3.05) is 13.1 Å². The van der Waals surface area contributed by atoms with Gasteiger partial charge < -0.3 is 0 Å². The van der Waals surface area contributed by atoms with Gasteiger partial charge in [-0.1, -0.05) is 44.8 Å². The van der Waals surface area contributed by atoms with E-state index in [1.54, 1.807) is 22.5 Å². The van der Waals surface area contributed by atoms with Crippen molar-refractivity contribution in [3.8, 4) is 0 Å². The van der Waals surface area contributed by atoms with E-state index in [9.17, 15) is 8.42 Å². The van der Waals surface area contributed by atoms with Crippen molar-refractivity contribution >= 4 is 41.9 Å². The Morgan fingerprint density at radius 3 is 2.72 bits per heavy atom. The van der Waals surface area contributed by atoms with Gasteiger partial charge in [0.25, 0.3) is 0 Å². The monoisotopic (exact) mass is 395 g/mol. The molecule has 2 unspecified atom stereocenters. The molecule has 1 aromatic rings. The van der Waals surface area contributed by atoms with Crippen LogP contribution < -0.4 is 0 Å². The summed E-state index contributed by atoms with van der Waals surface area (Å²) in [6.45, 7) is 3.22. The van der Waals surface area contributed by atoms with Crippen LogP contribution >= 0.6 is 31.9 Å². The summed E-state index contributed by atoms with van der Waals surface area (Å²) in [4.78, 5) is 0.767. The summed E-state index contributed by atoms with van der Waals surface area (Å²) in [6.07, 6.45) is 0.856. The lowest BCUT2D eigenvalue weighted by Gasteiger charge is -2.33. The first kappa shape index (κ1) is 14.5. The molecule has 2 rings (SSSR count). The Morgan fingerprint density at radius 1 is 1.39 bits per heavy atom. The largest absolute Gasteiger partial charge is 0.243 e.